The number of thioether (sulfide) groups is 1. The van der Waals surface area contributed by atoms with Crippen LogP contribution in [0.2, 0.25) is 0 Å². The van der Waals surface area contributed by atoms with Crippen molar-refractivity contribution in [2.45, 2.75) is 50.8 Å². The van der Waals surface area contributed by atoms with E-state index in [1.54, 1.807) is 0 Å². The number of nitrogens with two attached hydrogens (primary N) is 1. The Morgan fingerprint density at radius 3 is 2.83 bits per heavy atom. The first-order chi connectivity index (χ1) is 5.68. The van der Waals surface area contributed by atoms with E-state index in [1.165, 1.54) is 25.7 Å². The maximum Gasteiger partial charge on any atom is 0.0102 e. The van der Waals surface area contributed by atoms with E-state index in [1.807, 2.05) is 0 Å². The highest BCUT2D eigenvalue weighted by Gasteiger charge is 2.18. The van der Waals surface area contributed by atoms with Gasteiger partial charge in [-0.2, -0.15) is 11.8 Å². The van der Waals surface area contributed by atoms with Gasteiger partial charge in [0.05, 0.1) is 0 Å². The summed E-state index contributed by atoms with van der Waals surface area (Å²) in [6.45, 7) is 4.47. The Morgan fingerprint density at radius 2 is 2.25 bits per heavy atom. The summed E-state index contributed by atoms with van der Waals surface area (Å²) in [5, 5.41) is 0.903. The summed E-state index contributed by atoms with van der Waals surface area (Å²) in [6, 6.07) is 0.368. The predicted octanol–water partition coefficient (Wildman–Crippen LogP) is 2.65. The highest BCUT2D eigenvalue weighted by Crippen LogP contribution is 2.31. The third kappa shape index (κ3) is 3.81. The second-order valence-corrected chi connectivity index (χ2v) is 5.54. The molecule has 2 N–H and O–H groups in total. The molecule has 1 nitrogen and oxygen atoms in total. The van der Waals surface area contributed by atoms with Crippen molar-refractivity contribution in [1.29, 1.82) is 0 Å². The Labute approximate surface area is 80.5 Å². The van der Waals surface area contributed by atoms with Crippen molar-refractivity contribution >= 4 is 11.8 Å². The molecule has 0 aromatic heterocycles. The van der Waals surface area contributed by atoms with E-state index in [0.29, 0.717) is 6.04 Å². The summed E-state index contributed by atoms with van der Waals surface area (Å²) < 4.78 is 0. The zero-order valence-corrected chi connectivity index (χ0v) is 9.07. The lowest BCUT2D eigenvalue weighted by atomic mass is 9.91. The van der Waals surface area contributed by atoms with Gasteiger partial charge >= 0.3 is 0 Å². The topological polar surface area (TPSA) is 26.0 Å². The molecule has 0 radical (unpaired) electrons. The molecule has 72 valence electrons. The molecular weight excluding hydrogens is 166 g/mol. The summed E-state index contributed by atoms with van der Waals surface area (Å²) >= 11 is 2.08. The van der Waals surface area contributed by atoms with E-state index < -0.39 is 0 Å². The van der Waals surface area contributed by atoms with Gasteiger partial charge in [0.15, 0.2) is 0 Å². The monoisotopic (exact) mass is 187 g/mol. The third-order valence-electron chi connectivity index (χ3n) is 2.48. The van der Waals surface area contributed by atoms with Crippen LogP contribution in [0.5, 0.6) is 0 Å². The lowest BCUT2D eigenvalue weighted by molar-refractivity contribution is 0.394. The fraction of sp³-hybridized carbons (Fsp3) is 1.00. The van der Waals surface area contributed by atoms with Crippen molar-refractivity contribution in [2.24, 2.45) is 11.7 Å². The molecule has 1 rings (SSSR count). The van der Waals surface area contributed by atoms with Gasteiger partial charge in [-0.1, -0.05) is 19.8 Å². The van der Waals surface area contributed by atoms with Crippen molar-refractivity contribution < 1.29 is 0 Å². The minimum atomic E-state index is 0.368. The molecule has 0 amide bonds. The summed E-state index contributed by atoms with van der Waals surface area (Å²) in [4.78, 5) is 0. The van der Waals surface area contributed by atoms with Crippen LogP contribution in [0.1, 0.15) is 39.5 Å². The summed E-state index contributed by atoms with van der Waals surface area (Å²) in [7, 11) is 0. The molecule has 1 aliphatic rings. The third-order valence-corrected chi connectivity index (χ3v) is 4.10. The van der Waals surface area contributed by atoms with Gasteiger partial charge in [-0.15, -0.1) is 0 Å². The maximum atomic E-state index is 5.72. The van der Waals surface area contributed by atoms with Crippen LogP contribution in [0.4, 0.5) is 0 Å². The molecule has 0 saturated heterocycles. The van der Waals surface area contributed by atoms with Gasteiger partial charge in [0.1, 0.15) is 0 Å². The fourth-order valence-electron chi connectivity index (χ4n) is 1.82. The second kappa shape index (κ2) is 5.13. The van der Waals surface area contributed by atoms with Gasteiger partial charge in [-0.3, -0.25) is 0 Å². The van der Waals surface area contributed by atoms with Crippen LogP contribution in [-0.4, -0.2) is 17.0 Å². The van der Waals surface area contributed by atoms with Gasteiger partial charge in [0.25, 0.3) is 0 Å². The Balaban J connectivity index is 2.14. The van der Waals surface area contributed by atoms with E-state index in [0.717, 1.165) is 16.9 Å². The lowest BCUT2D eigenvalue weighted by Crippen LogP contribution is -2.22. The van der Waals surface area contributed by atoms with E-state index in [2.05, 4.69) is 25.6 Å². The summed E-state index contributed by atoms with van der Waals surface area (Å²) in [5.41, 5.74) is 5.72. The van der Waals surface area contributed by atoms with Crippen LogP contribution in [0.15, 0.2) is 0 Å². The Bertz CT molecular complexity index is 125. The van der Waals surface area contributed by atoms with Crippen LogP contribution < -0.4 is 5.73 Å². The first-order valence-electron chi connectivity index (χ1n) is 5.05. The SMILES string of the molecule is CC1CCCC(SC[C@@H](C)N)C1. The molecule has 2 unspecified atom stereocenters. The molecule has 1 aliphatic carbocycles. The van der Waals surface area contributed by atoms with Crippen molar-refractivity contribution in [3.05, 3.63) is 0 Å². The van der Waals surface area contributed by atoms with Crippen LogP contribution >= 0.6 is 11.8 Å². The Hall–Kier alpha value is 0.310. The maximum absolute atomic E-state index is 5.72. The largest absolute Gasteiger partial charge is 0.327 e. The minimum Gasteiger partial charge on any atom is -0.327 e. The average molecular weight is 187 g/mol. The molecule has 0 aliphatic heterocycles. The summed E-state index contributed by atoms with van der Waals surface area (Å²) in [6.07, 6.45) is 5.70. The molecule has 0 aromatic rings. The molecule has 2 heteroatoms. The average Bonchev–Trinajstić information content (AvgIpc) is 2.01. The second-order valence-electron chi connectivity index (χ2n) is 4.20. The van der Waals surface area contributed by atoms with Crippen molar-refractivity contribution in [3.63, 3.8) is 0 Å². The quantitative estimate of drug-likeness (QED) is 0.735. The van der Waals surface area contributed by atoms with E-state index in [9.17, 15) is 0 Å². The van der Waals surface area contributed by atoms with Crippen LogP contribution in [-0.2, 0) is 0 Å². The fourth-order valence-corrected chi connectivity index (χ4v) is 3.19. The minimum absolute atomic E-state index is 0.368. The Morgan fingerprint density at radius 1 is 1.50 bits per heavy atom. The molecule has 12 heavy (non-hydrogen) atoms. The summed E-state index contributed by atoms with van der Waals surface area (Å²) in [5.74, 6) is 2.08. The van der Waals surface area contributed by atoms with Crippen molar-refractivity contribution in [3.8, 4) is 0 Å². The van der Waals surface area contributed by atoms with Crippen LogP contribution in [0.25, 0.3) is 0 Å². The van der Waals surface area contributed by atoms with Gasteiger partial charge in [0.2, 0.25) is 0 Å². The number of rotatable bonds is 3. The number of hydrogen-bond acceptors (Lipinski definition) is 2. The molecule has 1 saturated carbocycles. The Kier molecular flexibility index (Phi) is 4.44. The lowest BCUT2D eigenvalue weighted by Gasteiger charge is -2.26. The standard InChI is InChI=1S/C10H21NS/c1-8-4-3-5-10(6-8)12-7-9(2)11/h8-10H,3-7,11H2,1-2H3/t8?,9-,10?/m1/s1. The van der Waals surface area contributed by atoms with Gasteiger partial charge in [-0.05, 0) is 25.7 Å². The molecule has 0 spiro atoms. The van der Waals surface area contributed by atoms with E-state index in [-0.39, 0.29) is 0 Å². The van der Waals surface area contributed by atoms with Crippen molar-refractivity contribution in [1.82, 2.24) is 0 Å². The van der Waals surface area contributed by atoms with Gasteiger partial charge in [-0.25, -0.2) is 0 Å². The van der Waals surface area contributed by atoms with Crippen LogP contribution in [0.3, 0.4) is 0 Å². The van der Waals surface area contributed by atoms with Gasteiger partial charge < -0.3 is 5.73 Å². The van der Waals surface area contributed by atoms with Crippen molar-refractivity contribution in [2.75, 3.05) is 5.75 Å². The molecular formula is C10H21NS. The molecule has 1 fully saturated rings. The zero-order chi connectivity index (χ0) is 8.97. The predicted molar refractivity (Wildman–Crippen MR) is 57.5 cm³/mol. The zero-order valence-electron chi connectivity index (χ0n) is 8.25. The highest BCUT2D eigenvalue weighted by molar-refractivity contribution is 7.99. The highest BCUT2D eigenvalue weighted by atomic mass is 32.2. The normalized spacial score (nSPS) is 33.2. The van der Waals surface area contributed by atoms with Gasteiger partial charge in [0, 0.05) is 17.0 Å². The van der Waals surface area contributed by atoms with E-state index >= 15 is 0 Å². The smallest absolute Gasteiger partial charge is 0.0102 e. The molecule has 3 atom stereocenters. The number of hydrogen-bond donors (Lipinski definition) is 1. The van der Waals surface area contributed by atoms with Crippen LogP contribution in [0, 0.1) is 5.92 Å². The first-order valence-corrected chi connectivity index (χ1v) is 6.10. The molecule has 0 heterocycles. The van der Waals surface area contributed by atoms with E-state index in [4.69, 9.17) is 5.73 Å². The first kappa shape index (κ1) is 10.4. The molecule has 0 bridgehead atoms. The molecule has 0 aromatic carbocycles.